The number of nitro groups is 1. The van der Waals surface area contributed by atoms with Crippen LogP contribution >= 0.6 is 12.2 Å². The number of carbonyl (C=O) groups excluding carboxylic acids is 1. The van der Waals surface area contributed by atoms with Gasteiger partial charge in [0.25, 0.3) is 5.69 Å². The number of hydrogen-bond donors (Lipinski definition) is 3. The molecule has 0 heterocycles. The summed E-state index contributed by atoms with van der Waals surface area (Å²) in [4.78, 5) is 21.9. The van der Waals surface area contributed by atoms with Crippen molar-refractivity contribution in [2.75, 3.05) is 5.32 Å². The molecular weight excluding hydrogens is 330 g/mol. The lowest BCUT2D eigenvalue weighted by atomic mass is 10.2. The summed E-state index contributed by atoms with van der Waals surface area (Å²) < 4.78 is 0. The molecule has 2 aromatic carbocycles. The van der Waals surface area contributed by atoms with Gasteiger partial charge in [-0.15, -0.1) is 0 Å². The first kappa shape index (κ1) is 17.1. The van der Waals surface area contributed by atoms with Gasteiger partial charge in [-0.05, 0) is 29.9 Å². The van der Waals surface area contributed by atoms with Crippen molar-refractivity contribution < 1.29 is 14.8 Å². The molecule has 0 aliphatic rings. The highest BCUT2D eigenvalue weighted by Crippen LogP contribution is 2.27. The van der Waals surface area contributed by atoms with E-state index < -0.39 is 10.8 Å². The number of nitrogens with one attached hydrogen (secondary N) is 2. The fourth-order valence-corrected chi connectivity index (χ4v) is 1.99. The Bertz CT molecular complexity index is 806. The molecular formula is C16H13N3O4S. The van der Waals surface area contributed by atoms with Gasteiger partial charge >= 0.3 is 0 Å². The zero-order valence-corrected chi connectivity index (χ0v) is 13.1. The van der Waals surface area contributed by atoms with Crippen LogP contribution in [0.4, 0.5) is 11.4 Å². The average molecular weight is 343 g/mol. The third kappa shape index (κ3) is 4.89. The normalized spacial score (nSPS) is 10.3. The average Bonchev–Trinajstić information content (AvgIpc) is 2.55. The van der Waals surface area contributed by atoms with E-state index >= 15 is 0 Å². The molecule has 0 spiro atoms. The smallest absolute Gasteiger partial charge is 0.271 e. The number of hydrogen-bond acceptors (Lipinski definition) is 5. The second kappa shape index (κ2) is 7.84. The van der Waals surface area contributed by atoms with Crippen LogP contribution in [0.1, 0.15) is 5.56 Å². The zero-order chi connectivity index (χ0) is 17.5. The van der Waals surface area contributed by atoms with Gasteiger partial charge in [-0.2, -0.15) is 0 Å². The van der Waals surface area contributed by atoms with E-state index in [1.54, 1.807) is 6.08 Å². The van der Waals surface area contributed by atoms with Crippen molar-refractivity contribution in [3.05, 3.63) is 70.3 Å². The van der Waals surface area contributed by atoms with E-state index in [0.717, 1.165) is 17.7 Å². The standard InChI is InChI=1S/C16H13N3O4S/c20-14-8-7-12(19(22)23)10-13(14)17-16(24)18-15(21)9-6-11-4-2-1-3-5-11/h1-10,20H,(H2,17,18,21,24)/b9-6+. The van der Waals surface area contributed by atoms with Crippen molar-refractivity contribution >= 4 is 40.7 Å². The fraction of sp³-hybridized carbons (Fsp3) is 0. The van der Waals surface area contributed by atoms with Gasteiger partial charge in [0.2, 0.25) is 5.91 Å². The summed E-state index contributed by atoms with van der Waals surface area (Å²) in [6.45, 7) is 0. The summed E-state index contributed by atoms with van der Waals surface area (Å²) in [6.07, 6.45) is 2.92. The number of nitro benzene ring substituents is 1. The molecule has 0 bridgehead atoms. The van der Waals surface area contributed by atoms with E-state index in [4.69, 9.17) is 12.2 Å². The molecule has 24 heavy (non-hydrogen) atoms. The SMILES string of the molecule is O=C(/C=C/c1ccccc1)NC(=S)Nc1cc([N+](=O)[O-])ccc1O. The minimum absolute atomic E-state index is 0.0292. The largest absolute Gasteiger partial charge is 0.506 e. The van der Waals surface area contributed by atoms with Gasteiger partial charge in [0.15, 0.2) is 5.11 Å². The summed E-state index contributed by atoms with van der Waals surface area (Å²) in [5.41, 5.74) is 0.665. The number of thiocarbonyl (C=S) groups is 1. The van der Waals surface area contributed by atoms with Gasteiger partial charge < -0.3 is 10.4 Å². The Morgan fingerprint density at radius 3 is 2.58 bits per heavy atom. The van der Waals surface area contributed by atoms with Crippen LogP contribution < -0.4 is 10.6 Å². The molecule has 2 aromatic rings. The minimum Gasteiger partial charge on any atom is -0.506 e. The molecule has 2 rings (SSSR count). The van der Waals surface area contributed by atoms with Crippen molar-refractivity contribution in [1.29, 1.82) is 0 Å². The zero-order valence-electron chi connectivity index (χ0n) is 12.3. The molecule has 8 heteroatoms. The number of benzene rings is 2. The lowest BCUT2D eigenvalue weighted by molar-refractivity contribution is -0.384. The van der Waals surface area contributed by atoms with E-state index in [1.165, 1.54) is 12.1 Å². The van der Waals surface area contributed by atoms with Gasteiger partial charge in [-0.3, -0.25) is 20.2 Å². The van der Waals surface area contributed by atoms with Crippen LogP contribution in [0.2, 0.25) is 0 Å². The second-order valence-corrected chi connectivity index (χ2v) is 5.05. The highest BCUT2D eigenvalue weighted by molar-refractivity contribution is 7.80. The van der Waals surface area contributed by atoms with Crippen LogP contribution in [0.15, 0.2) is 54.6 Å². The van der Waals surface area contributed by atoms with Gasteiger partial charge in [0.1, 0.15) is 5.75 Å². The van der Waals surface area contributed by atoms with Crippen molar-refractivity contribution in [2.24, 2.45) is 0 Å². The molecule has 0 unspecified atom stereocenters. The molecule has 0 saturated carbocycles. The van der Waals surface area contributed by atoms with Crippen molar-refractivity contribution in [3.8, 4) is 5.75 Å². The first-order chi connectivity index (χ1) is 11.5. The number of nitrogens with zero attached hydrogens (tertiary/aromatic N) is 1. The molecule has 0 fully saturated rings. The maximum atomic E-state index is 11.8. The molecule has 0 saturated heterocycles. The lowest BCUT2D eigenvalue weighted by Crippen LogP contribution is -2.32. The van der Waals surface area contributed by atoms with Crippen molar-refractivity contribution in [3.63, 3.8) is 0 Å². The molecule has 0 aliphatic heterocycles. The van der Waals surface area contributed by atoms with Crippen LogP contribution in [0.3, 0.4) is 0 Å². The number of aromatic hydroxyl groups is 1. The maximum absolute atomic E-state index is 11.8. The Morgan fingerprint density at radius 2 is 1.92 bits per heavy atom. The number of carbonyl (C=O) groups is 1. The molecule has 0 aromatic heterocycles. The Kier molecular flexibility index (Phi) is 5.58. The third-order valence-corrected chi connectivity index (χ3v) is 3.11. The monoisotopic (exact) mass is 343 g/mol. The first-order valence-corrected chi connectivity index (χ1v) is 7.19. The summed E-state index contributed by atoms with van der Waals surface area (Å²) in [5, 5.41) is 25.3. The van der Waals surface area contributed by atoms with Crippen LogP contribution in [0.5, 0.6) is 5.75 Å². The second-order valence-electron chi connectivity index (χ2n) is 4.65. The lowest BCUT2D eigenvalue weighted by Gasteiger charge is -2.09. The summed E-state index contributed by atoms with van der Waals surface area (Å²) in [7, 11) is 0. The Hall–Kier alpha value is -3.26. The molecule has 122 valence electrons. The molecule has 0 atom stereocenters. The van der Waals surface area contributed by atoms with E-state index in [-0.39, 0.29) is 22.2 Å². The van der Waals surface area contributed by atoms with Gasteiger partial charge in [-0.1, -0.05) is 30.3 Å². The van der Waals surface area contributed by atoms with E-state index in [2.05, 4.69) is 10.6 Å². The topological polar surface area (TPSA) is 104 Å². The van der Waals surface area contributed by atoms with Crippen molar-refractivity contribution in [1.82, 2.24) is 5.32 Å². The summed E-state index contributed by atoms with van der Waals surface area (Å²) >= 11 is 4.95. The van der Waals surface area contributed by atoms with Crippen LogP contribution in [-0.2, 0) is 4.79 Å². The third-order valence-electron chi connectivity index (χ3n) is 2.90. The quantitative estimate of drug-likeness (QED) is 0.259. The van der Waals surface area contributed by atoms with Crippen LogP contribution in [0, 0.1) is 10.1 Å². The highest BCUT2D eigenvalue weighted by Gasteiger charge is 2.11. The van der Waals surface area contributed by atoms with Crippen LogP contribution in [-0.4, -0.2) is 21.0 Å². The molecule has 1 amide bonds. The molecule has 0 radical (unpaired) electrons. The number of amides is 1. The summed E-state index contributed by atoms with van der Waals surface area (Å²) in [6, 6.07) is 12.7. The molecule has 7 nitrogen and oxygen atoms in total. The van der Waals surface area contributed by atoms with Gasteiger partial charge in [-0.25, -0.2) is 0 Å². The first-order valence-electron chi connectivity index (χ1n) is 6.78. The maximum Gasteiger partial charge on any atom is 0.271 e. The number of phenolic OH excluding ortho intramolecular Hbond substituents is 1. The number of anilines is 1. The number of phenols is 1. The van der Waals surface area contributed by atoms with Crippen LogP contribution in [0.25, 0.3) is 6.08 Å². The van der Waals surface area contributed by atoms with Gasteiger partial charge in [0.05, 0.1) is 10.6 Å². The van der Waals surface area contributed by atoms with E-state index in [0.29, 0.717) is 0 Å². The summed E-state index contributed by atoms with van der Waals surface area (Å²) in [5.74, 6) is -0.696. The highest BCUT2D eigenvalue weighted by atomic mass is 32.1. The Labute approximate surface area is 142 Å². The number of rotatable bonds is 4. The molecule has 0 aliphatic carbocycles. The van der Waals surface area contributed by atoms with Crippen molar-refractivity contribution in [2.45, 2.75) is 0 Å². The van der Waals surface area contributed by atoms with E-state index in [9.17, 15) is 20.0 Å². The fourth-order valence-electron chi connectivity index (χ4n) is 1.78. The Morgan fingerprint density at radius 1 is 1.21 bits per heavy atom. The van der Waals surface area contributed by atoms with E-state index in [1.807, 2.05) is 30.3 Å². The predicted molar refractivity (Wildman–Crippen MR) is 94.6 cm³/mol. The molecule has 3 N–H and O–H groups in total. The Balaban J connectivity index is 1.98. The number of non-ortho nitro benzene ring substituents is 1. The minimum atomic E-state index is -0.602. The predicted octanol–water partition coefficient (Wildman–Crippen LogP) is 2.83. The van der Waals surface area contributed by atoms with Gasteiger partial charge in [0, 0.05) is 18.2 Å².